The number of nitrogens with zero attached hydrogens (tertiary/aromatic N) is 1. The largest absolute Gasteiger partial charge is 0.489 e. The molecule has 0 unspecified atom stereocenters. The summed E-state index contributed by atoms with van der Waals surface area (Å²) < 4.78 is 5.56. The summed E-state index contributed by atoms with van der Waals surface area (Å²) in [5.74, 6) is 5.73. The Morgan fingerprint density at radius 1 is 1.06 bits per heavy atom. The summed E-state index contributed by atoms with van der Waals surface area (Å²) >= 11 is 0. The highest BCUT2D eigenvalue weighted by atomic mass is 16.5. The van der Waals surface area contributed by atoms with Crippen molar-refractivity contribution in [1.82, 2.24) is 0 Å². The Hall–Kier alpha value is -2.36. The zero-order chi connectivity index (χ0) is 12.1. The van der Waals surface area contributed by atoms with Gasteiger partial charge in [0.2, 0.25) is 0 Å². The van der Waals surface area contributed by atoms with E-state index in [1.54, 1.807) is 24.3 Å². The van der Waals surface area contributed by atoms with Crippen LogP contribution in [-0.2, 0) is 6.61 Å². The Kier molecular flexibility index (Phi) is 3.35. The van der Waals surface area contributed by atoms with Crippen molar-refractivity contribution in [1.29, 1.82) is 0 Å². The Balaban J connectivity index is 2.04. The lowest BCUT2D eigenvalue weighted by Crippen LogP contribution is -2.08. The summed E-state index contributed by atoms with van der Waals surface area (Å²) in [6, 6.07) is 16.6. The van der Waals surface area contributed by atoms with E-state index in [-0.39, 0.29) is 0 Å². The number of nitrogens with two attached hydrogens (primary N) is 1. The Morgan fingerprint density at radius 2 is 1.82 bits per heavy atom. The zero-order valence-corrected chi connectivity index (χ0v) is 9.24. The van der Waals surface area contributed by atoms with E-state index in [1.807, 2.05) is 30.3 Å². The highest BCUT2D eigenvalue weighted by Crippen LogP contribution is 2.19. The maximum absolute atomic E-state index is 10.9. The van der Waals surface area contributed by atoms with Gasteiger partial charge in [-0.05, 0) is 11.6 Å². The fraction of sp³-hybridized carbons (Fsp3) is 0.0769. The first-order chi connectivity index (χ1) is 8.25. The molecule has 2 aromatic carbocycles. The predicted octanol–water partition coefficient (Wildman–Crippen LogP) is 2.55. The second-order valence-electron chi connectivity index (χ2n) is 3.60. The molecule has 0 bridgehead atoms. The third-order valence-corrected chi connectivity index (χ3v) is 2.32. The molecule has 2 rings (SSSR count). The van der Waals surface area contributed by atoms with E-state index in [2.05, 4.69) is 0 Å². The van der Waals surface area contributed by atoms with Gasteiger partial charge in [0, 0.05) is 6.07 Å². The summed E-state index contributed by atoms with van der Waals surface area (Å²) in [4.78, 5) is 11.2. The van der Waals surface area contributed by atoms with Gasteiger partial charge in [-0.15, -0.1) is 0 Å². The van der Waals surface area contributed by atoms with Gasteiger partial charge in [-0.1, -0.05) is 36.4 Å². The number of hydrogen-bond acceptors (Lipinski definition) is 2. The summed E-state index contributed by atoms with van der Waals surface area (Å²) in [5, 5.41) is 0. The van der Waals surface area contributed by atoms with Crippen LogP contribution < -0.4 is 10.6 Å². The van der Waals surface area contributed by atoms with Gasteiger partial charge in [0.25, 0.3) is 5.69 Å². The molecule has 0 aliphatic carbocycles. The number of rotatable bonds is 4. The van der Waals surface area contributed by atoms with Crippen LogP contribution in [-0.4, -0.2) is 4.87 Å². The van der Waals surface area contributed by atoms with Crippen LogP contribution >= 0.6 is 0 Å². The van der Waals surface area contributed by atoms with E-state index in [0.29, 0.717) is 22.9 Å². The fourth-order valence-electron chi connectivity index (χ4n) is 1.45. The molecule has 4 heteroatoms. The normalized spacial score (nSPS) is 9.88. The maximum atomic E-state index is 10.9. The highest BCUT2D eigenvalue weighted by molar-refractivity contribution is 5.37. The number of benzene rings is 2. The van der Waals surface area contributed by atoms with Crippen molar-refractivity contribution in [2.45, 2.75) is 6.61 Å². The lowest BCUT2D eigenvalue weighted by molar-refractivity contribution is -0.474. The fourth-order valence-corrected chi connectivity index (χ4v) is 1.45. The molecule has 4 nitrogen and oxygen atoms in total. The molecule has 0 saturated carbocycles. The van der Waals surface area contributed by atoms with Crippen molar-refractivity contribution in [3.63, 3.8) is 0 Å². The van der Waals surface area contributed by atoms with Gasteiger partial charge in [0.15, 0.2) is 4.87 Å². The highest BCUT2D eigenvalue weighted by Gasteiger charge is 2.09. The first kappa shape index (κ1) is 11.1. The van der Waals surface area contributed by atoms with Crippen molar-refractivity contribution in [2.75, 3.05) is 0 Å². The van der Waals surface area contributed by atoms with Crippen molar-refractivity contribution in [2.24, 2.45) is 5.84 Å². The average molecular weight is 229 g/mol. The molecule has 2 N–H and O–H groups in total. The molecule has 0 saturated heterocycles. The first-order valence-corrected chi connectivity index (χ1v) is 5.24. The van der Waals surface area contributed by atoms with Gasteiger partial charge in [-0.25, -0.2) is 0 Å². The molecule has 0 spiro atoms. The predicted molar refractivity (Wildman–Crippen MR) is 64.7 cm³/mol. The minimum atomic E-state index is 0.315. The molecule has 0 fully saturated rings. The van der Waals surface area contributed by atoms with Crippen LogP contribution in [0.25, 0.3) is 0 Å². The third kappa shape index (κ3) is 3.04. The molecular weight excluding hydrogens is 216 g/mol. The molecule has 0 amide bonds. The van der Waals surface area contributed by atoms with Crippen molar-refractivity contribution >= 4 is 5.69 Å². The topological polar surface area (TPSA) is 55.3 Å². The minimum absolute atomic E-state index is 0.315. The summed E-state index contributed by atoms with van der Waals surface area (Å²) in [6.07, 6.45) is 0. The van der Waals surface area contributed by atoms with Crippen molar-refractivity contribution in [3.05, 3.63) is 65.1 Å². The lowest BCUT2D eigenvalue weighted by Gasteiger charge is -2.05. The van der Waals surface area contributed by atoms with Crippen LogP contribution in [0.1, 0.15) is 5.56 Å². The quantitative estimate of drug-likeness (QED) is 0.498. The van der Waals surface area contributed by atoms with Crippen molar-refractivity contribution in [3.8, 4) is 5.75 Å². The van der Waals surface area contributed by atoms with E-state index >= 15 is 0 Å². The standard InChI is InChI=1S/C13H13N2O2/c14-15(16)12-7-4-8-13(9-12)17-10-11-5-2-1-3-6-11/h1-9H,10H2,(H2,14,16)/q+1. The van der Waals surface area contributed by atoms with E-state index in [9.17, 15) is 4.91 Å². The molecule has 0 aliphatic rings. The molecule has 0 radical (unpaired) electrons. The molecule has 17 heavy (non-hydrogen) atoms. The van der Waals surface area contributed by atoms with E-state index in [1.165, 1.54) is 0 Å². The van der Waals surface area contributed by atoms with E-state index in [0.717, 1.165) is 5.56 Å². The number of nitroso groups, excluding NO2 is 1. The SMILES string of the molecule is N[N+](=O)c1cccc(OCc2ccccc2)c1. The van der Waals surface area contributed by atoms with Gasteiger partial charge in [-0.2, -0.15) is 5.84 Å². The van der Waals surface area contributed by atoms with E-state index < -0.39 is 0 Å². The smallest absolute Gasteiger partial charge is 0.295 e. The molecule has 86 valence electrons. The molecule has 0 atom stereocenters. The van der Waals surface area contributed by atoms with Gasteiger partial charge in [0.1, 0.15) is 12.4 Å². The van der Waals surface area contributed by atoms with Gasteiger partial charge >= 0.3 is 0 Å². The Bertz CT molecular complexity index is 512. The molecular formula is C13H13N2O2+. The number of hydrazine groups is 1. The summed E-state index contributed by atoms with van der Waals surface area (Å²) in [6.45, 7) is 0.466. The molecule has 0 aliphatic heterocycles. The van der Waals surface area contributed by atoms with E-state index in [4.69, 9.17) is 10.6 Å². The molecule has 0 heterocycles. The second kappa shape index (κ2) is 5.12. The lowest BCUT2D eigenvalue weighted by atomic mass is 10.2. The Morgan fingerprint density at radius 3 is 2.53 bits per heavy atom. The van der Waals surface area contributed by atoms with Crippen LogP contribution in [0.5, 0.6) is 5.75 Å². The van der Waals surface area contributed by atoms with Crippen LogP contribution in [0.3, 0.4) is 0 Å². The maximum Gasteiger partial charge on any atom is 0.295 e. The second-order valence-corrected chi connectivity index (χ2v) is 3.60. The third-order valence-electron chi connectivity index (χ3n) is 2.32. The van der Waals surface area contributed by atoms with Crippen molar-refractivity contribution < 1.29 is 9.61 Å². The summed E-state index contributed by atoms with van der Waals surface area (Å²) in [7, 11) is 0. The average Bonchev–Trinajstić information content (AvgIpc) is 2.38. The first-order valence-electron chi connectivity index (χ1n) is 5.24. The number of hydrogen-bond donors (Lipinski definition) is 1. The monoisotopic (exact) mass is 229 g/mol. The van der Waals surface area contributed by atoms with Crippen LogP contribution in [0.15, 0.2) is 54.6 Å². The van der Waals surface area contributed by atoms with Gasteiger partial charge in [-0.3, -0.25) is 0 Å². The Labute approximate surface area is 99.2 Å². The summed E-state index contributed by atoms with van der Waals surface area (Å²) in [5.41, 5.74) is 1.44. The van der Waals surface area contributed by atoms with Gasteiger partial charge < -0.3 is 4.74 Å². The van der Waals surface area contributed by atoms with Crippen LogP contribution in [0.2, 0.25) is 0 Å². The van der Waals surface area contributed by atoms with Crippen LogP contribution in [0, 0.1) is 4.91 Å². The minimum Gasteiger partial charge on any atom is -0.489 e. The molecule has 0 aromatic heterocycles. The number of ether oxygens (including phenoxy) is 1. The molecule has 2 aromatic rings. The van der Waals surface area contributed by atoms with Crippen LogP contribution in [0.4, 0.5) is 5.69 Å². The zero-order valence-electron chi connectivity index (χ0n) is 9.24. The van der Waals surface area contributed by atoms with Gasteiger partial charge in [0.05, 0.1) is 11.0 Å².